The number of nitrogens with one attached hydrogen (secondary N) is 1. The SMILES string of the molecule is COc1cc(Nc2ncc3cc(Cc4ccccc4)c(=O)n(C4CCCC4)c3n2)cc(CO)c1OC. The molecule has 0 amide bonds. The molecule has 0 bridgehead atoms. The van der Waals surface area contributed by atoms with E-state index in [2.05, 4.69) is 10.3 Å². The summed E-state index contributed by atoms with van der Waals surface area (Å²) in [7, 11) is 3.08. The Hall–Kier alpha value is -3.91. The van der Waals surface area contributed by atoms with Gasteiger partial charge in [-0.05, 0) is 30.5 Å². The molecule has 1 fully saturated rings. The molecule has 1 aliphatic carbocycles. The third-order valence-corrected chi connectivity index (χ3v) is 6.76. The first-order valence-electron chi connectivity index (χ1n) is 12.2. The van der Waals surface area contributed by atoms with E-state index in [-0.39, 0.29) is 18.2 Å². The van der Waals surface area contributed by atoms with Crippen LogP contribution in [0.2, 0.25) is 0 Å². The second kappa shape index (κ2) is 10.4. The molecule has 2 aromatic carbocycles. The predicted octanol–water partition coefficient (Wildman–Crippen LogP) is 4.75. The first-order valence-corrected chi connectivity index (χ1v) is 12.2. The van der Waals surface area contributed by atoms with Gasteiger partial charge in [-0.15, -0.1) is 0 Å². The predicted molar refractivity (Wildman–Crippen MR) is 139 cm³/mol. The second-order valence-corrected chi connectivity index (χ2v) is 9.07. The van der Waals surface area contributed by atoms with Crippen LogP contribution in [0.1, 0.15) is 48.4 Å². The fourth-order valence-corrected chi connectivity index (χ4v) is 5.04. The minimum Gasteiger partial charge on any atom is -0.493 e. The van der Waals surface area contributed by atoms with Gasteiger partial charge in [0.15, 0.2) is 11.5 Å². The lowest BCUT2D eigenvalue weighted by molar-refractivity contribution is 0.270. The molecule has 0 radical (unpaired) electrons. The summed E-state index contributed by atoms with van der Waals surface area (Å²) in [4.78, 5) is 23.0. The van der Waals surface area contributed by atoms with Crippen molar-refractivity contribution in [2.24, 2.45) is 0 Å². The third-order valence-electron chi connectivity index (χ3n) is 6.76. The molecule has 1 aliphatic rings. The minimum absolute atomic E-state index is 0.0107. The van der Waals surface area contributed by atoms with Crippen LogP contribution in [0.3, 0.4) is 0 Å². The number of hydrogen-bond donors (Lipinski definition) is 2. The molecule has 5 rings (SSSR count). The van der Waals surface area contributed by atoms with Gasteiger partial charge in [0.1, 0.15) is 5.65 Å². The van der Waals surface area contributed by atoms with Crippen LogP contribution in [0.15, 0.2) is 59.5 Å². The van der Waals surface area contributed by atoms with Crippen molar-refractivity contribution < 1.29 is 14.6 Å². The third kappa shape index (κ3) is 4.64. The Morgan fingerprint density at radius 2 is 1.83 bits per heavy atom. The van der Waals surface area contributed by atoms with E-state index in [0.29, 0.717) is 40.8 Å². The summed E-state index contributed by atoms with van der Waals surface area (Å²) in [6, 6.07) is 15.6. The summed E-state index contributed by atoms with van der Waals surface area (Å²) in [6.07, 6.45) is 6.47. The van der Waals surface area contributed by atoms with Crippen molar-refractivity contribution in [3.05, 3.63) is 81.8 Å². The molecule has 0 atom stereocenters. The van der Waals surface area contributed by atoms with E-state index in [1.165, 1.54) is 7.11 Å². The van der Waals surface area contributed by atoms with Gasteiger partial charge in [-0.2, -0.15) is 4.98 Å². The number of pyridine rings is 1. The lowest BCUT2D eigenvalue weighted by atomic mass is 10.0. The normalized spacial score (nSPS) is 13.8. The van der Waals surface area contributed by atoms with Crippen molar-refractivity contribution in [2.75, 3.05) is 19.5 Å². The first kappa shape index (κ1) is 23.8. The standard InChI is InChI=1S/C28H30N4O4/c1-35-24-15-22(14-21(17-33)25(24)36-2)30-28-29-16-20-13-19(12-18-8-4-3-5-9-18)27(34)32(26(20)31-28)23-10-6-7-11-23/h3-5,8-9,13-16,23,33H,6-7,10-12,17H2,1-2H3,(H,29,30,31). The Kier molecular flexibility index (Phi) is 6.86. The number of aliphatic hydroxyl groups is 1. The average molecular weight is 487 g/mol. The number of benzene rings is 2. The van der Waals surface area contributed by atoms with E-state index in [1.54, 1.807) is 25.4 Å². The smallest absolute Gasteiger partial charge is 0.256 e. The molecular weight excluding hydrogens is 456 g/mol. The molecule has 2 heterocycles. The topological polar surface area (TPSA) is 98.5 Å². The highest BCUT2D eigenvalue weighted by Gasteiger charge is 2.23. The van der Waals surface area contributed by atoms with Crippen molar-refractivity contribution in [3.63, 3.8) is 0 Å². The summed E-state index contributed by atoms with van der Waals surface area (Å²) in [5.41, 5.74) is 3.71. The van der Waals surface area contributed by atoms with Crippen LogP contribution in [-0.4, -0.2) is 33.9 Å². The number of hydrogen-bond acceptors (Lipinski definition) is 7. The second-order valence-electron chi connectivity index (χ2n) is 9.07. The number of anilines is 2. The van der Waals surface area contributed by atoms with E-state index in [0.717, 1.165) is 42.2 Å². The minimum atomic E-state index is -0.209. The number of aliphatic hydroxyl groups excluding tert-OH is 1. The molecule has 0 spiro atoms. The van der Waals surface area contributed by atoms with Gasteiger partial charge in [0.05, 0.1) is 20.8 Å². The van der Waals surface area contributed by atoms with Gasteiger partial charge in [0.25, 0.3) is 5.56 Å². The zero-order chi connectivity index (χ0) is 25.1. The Morgan fingerprint density at radius 1 is 1.06 bits per heavy atom. The maximum atomic E-state index is 13.7. The van der Waals surface area contributed by atoms with Crippen LogP contribution in [0, 0.1) is 0 Å². The van der Waals surface area contributed by atoms with Gasteiger partial charge in [-0.3, -0.25) is 9.36 Å². The van der Waals surface area contributed by atoms with Crippen LogP contribution in [-0.2, 0) is 13.0 Å². The monoisotopic (exact) mass is 486 g/mol. The summed E-state index contributed by atoms with van der Waals surface area (Å²) in [6.45, 7) is -0.209. The zero-order valence-electron chi connectivity index (χ0n) is 20.5. The van der Waals surface area contributed by atoms with Crippen molar-refractivity contribution in [1.82, 2.24) is 14.5 Å². The molecule has 36 heavy (non-hydrogen) atoms. The fraction of sp³-hybridized carbons (Fsp3) is 0.321. The van der Waals surface area contributed by atoms with Crippen molar-refractivity contribution >= 4 is 22.7 Å². The molecule has 2 aromatic heterocycles. The number of aromatic nitrogens is 3. The summed E-state index contributed by atoms with van der Waals surface area (Å²) in [5, 5.41) is 13.8. The largest absolute Gasteiger partial charge is 0.493 e. The molecule has 2 N–H and O–H groups in total. The number of fused-ring (bicyclic) bond motifs is 1. The zero-order valence-corrected chi connectivity index (χ0v) is 20.5. The van der Waals surface area contributed by atoms with Gasteiger partial charge in [0, 0.05) is 46.9 Å². The van der Waals surface area contributed by atoms with Crippen LogP contribution >= 0.6 is 0 Å². The molecule has 8 heteroatoms. The number of ether oxygens (including phenoxy) is 2. The van der Waals surface area contributed by atoms with E-state index in [4.69, 9.17) is 14.5 Å². The van der Waals surface area contributed by atoms with Gasteiger partial charge in [-0.25, -0.2) is 4.98 Å². The molecule has 0 saturated heterocycles. The van der Waals surface area contributed by atoms with Gasteiger partial charge >= 0.3 is 0 Å². The summed E-state index contributed by atoms with van der Waals surface area (Å²) in [5.74, 6) is 1.33. The van der Waals surface area contributed by atoms with Gasteiger partial charge in [-0.1, -0.05) is 43.2 Å². The molecule has 186 valence electrons. The molecule has 0 aliphatic heterocycles. The van der Waals surface area contributed by atoms with Crippen molar-refractivity contribution in [3.8, 4) is 11.5 Å². The van der Waals surface area contributed by atoms with Crippen molar-refractivity contribution in [1.29, 1.82) is 0 Å². The highest BCUT2D eigenvalue weighted by molar-refractivity contribution is 5.77. The van der Waals surface area contributed by atoms with Crippen LogP contribution in [0.5, 0.6) is 11.5 Å². The van der Waals surface area contributed by atoms with Crippen LogP contribution in [0.4, 0.5) is 11.6 Å². The summed E-state index contributed by atoms with van der Waals surface area (Å²) < 4.78 is 12.7. The molecule has 0 unspecified atom stereocenters. The molecule has 8 nitrogen and oxygen atoms in total. The fourth-order valence-electron chi connectivity index (χ4n) is 5.04. The number of nitrogens with zero attached hydrogens (tertiary/aromatic N) is 3. The average Bonchev–Trinajstić information content (AvgIpc) is 3.44. The maximum Gasteiger partial charge on any atom is 0.256 e. The molecule has 1 saturated carbocycles. The van der Waals surface area contributed by atoms with E-state index in [1.807, 2.05) is 41.0 Å². The van der Waals surface area contributed by atoms with Crippen LogP contribution < -0.4 is 20.3 Å². The Balaban J connectivity index is 1.57. The lowest BCUT2D eigenvalue weighted by Gasteiger charge is -2.19. The lowest BCUT2D eigenvalue weighted by Crippen LogP contribution is -2.28. The summed E-state index contributed by atoms with van der Waals surface area (Å²) >= 11 is 0. The Labute approximate surface area is 209 Å². The van der Waals surface area contributed by atoms with Gasteiger partial charge < -0.3 is 19.9 Å². The van der Waals surface area contributed by atoms with Crippen LogP contribution in [0.25, 0.3) is 11.0 Å². The first-order chi connectivity index (χ1) is 17.6. The van der Waals surface area contributed by atoms with E-state index in [9.17, 15) is 9.90 Å². The quantitative estimate of drug-likeness (QED) is 0.371. The number of rotatable bonds is 8. The highest BCUT2D eigenvalue weighted by Crippen LogP contribution is 2.36. The van der Waals surface area contributed by atoms with Gasteiger partial charge in [0.2, 0.25) is 5.95 Å². The highest BCUT2D eigenvalue weighted by atomic mass is 16.5. The Morgan fingerprint density at radius 3 is 2.53 bits per heavy atom. The Bertz CT molecular complexity index is 1400. The molecule has 4 aromatic rings. The van der Waals surface area contributed by atoms with E-state index < -0.39 is 0 Å². The van der Waals surface area contributed by atoms with Crippen molar-refractivity contribution in [2.45, 2.75) is 44.8 Å². The maximum absolute atomic E-state index is 13.7. The molecular formula is C28H30N4O4. The van der Waals surface area contributed by atoms with E-state index >= 15 is 0 Å². The number of methoxy groups -OCH3 is 2.